The molecule has 0 aliphatic rings. The molecule has 0 saturated heterocycles. The average Bonchev–Trinajstić information content (AvgIpc) is 2.97. The van der Waals surface area contributed by atoms with Crippen LogP contribution in [0.3, 0.4) is 0 Å². The van der Waals surface area contributed by atoms with E-state index in [2.05, 4.69) is 5.32 Å². The molecule has 1 aromatic heterocycles. The topological polar surface area (TPSA) is 66.5 Å². The van der Waals surface area contributed by atoms with Crippen LogP contribution in [0.4, 0.5) is 8.78 Å². The molecule has 5 nitrogen and oxygen atoms in total. The molecule has 1 heterocycles. The van der Waals surface area contributed by atoms with Gasteiger partial charge < -0.3 is 5.32 Å². The van der Waals surface area contributed by atoms with Gasteiger partial charge in [-0.1, -0.05) is 17.7 Å². The molecule has 0 radical (unpaired) electrons. The second-order valence-corrected chi connectivity index (χ2v) is 9.27. The maximum atomic E-state index is 13.2. The fourth-order valence-corrected chi connectivity index (χ4v) is 4.85. The largest absolute Gasteiger partial charge is 0.348 e. The third kappa shape index (κ3) is 4.75. The summed E-state index contributed by atoms with van der Waals surface area (Å²) in [4.78, 5) is 12.1. The smallest absolute Gasteiger partial charge is 0.252 e. The van der Waals surface area contributed by atoms with E-state index in [1.165, 1.54) is 25.2 Å². The van der Waals surface area contributed by atoms with E-state index < -0.39 is 40.2 Å². The number of benzene rings is 1. The lowest BCUT2D eigenvalue weighted by molar-refractivity contribution is -0.121. The molecule has 136 valence electrons. The summed E-state index contributed by atoms with van der Waals surface area (Å²) in [5.74, 6) is -2.58. The quantitative estimate of drug-likeness (QED) is 0.798. The molecule has 0 saturated carbocycles. The van der Waals surface area contributed by atoms with E-state index in [4.69, 9.17) is 11.6 Å². The van der Waals surface area contributed by atoms with Crippen molar-refractivity contribution in [3.8, 4) is 0 Å². The number of thiophene rings is 1. The maximum Gasteiger partial charge on any atom is 0.252 e. The predicted octanol–water partition coefficient (Wildman–Crippen LogP) is 3.18. The van der Waals surface area contributed by atoms with Gasteiger partial charge in [0.05, 0.1) is 16.9 Å². The van der Waals surface area contributed by atoms with E-state index in [0.29, 0.717) is 9.90 Å². The molecule has 10 heteroatoms. The lowest BCUT2D eigenvalue weighted by Gasteiger charge is -2.19. The number of nitrogens with one attached hydrogen (secondary N) is 1. The van der Waals surface area contributed by atoms with Crippen LogP contribution in [0.25, 0.3) is 0 Å². The van der Waals surface area contributed by atoms with Gasteiger partial charge in [-0.15, -0.1) is 11.3 Å². The lowest BCUT2D eigenvalue weighted by atomic mass is 10.1. The van der Waals surface area contributed by atoms with Crippen LogP contribution in [-0.2, 0) is 14.8 Å². The van der Waals surface area contributed by atoms with Crippen LogP contribution in [0.2, 0.25) is 4.34 Å². The second kappa shape index (κ2) is 7.77. The van der Waals surface area contributed by atoms with Gasteiger partial charge >= 0.3 is 0 Å². The Balaban J connectivity index is 2.02. The number of likely N-dealkylation sites (N-methyl/N-ethyl adjacent to an activating group) is 1. The lowest BCUT2D eigenvalue weighted by Crippen LogP contribution is -2.39. The zero-order valence-corrected chi connectivity index (χ0v) is 15.7. The summed E-state index contributed by atoms with van der Waals surface area (Å²) >= 11 is 6.63. The highest BCUT2D eigenvalue weighted by molar-refractivity contribution is 7.91. The summed E-state index contributed by atoms with van der Waals surface area (Å²) in [7, 11) is -2.56. The van der Waals surface area contributed by atoms with E-state index in [0.717, 1.165) is 27.8 Å². The number of carbonyl (C=O) groups is 1. The molecule has 2 rings (SSSR count). The summed E-state index contributed by atoms with van der Waals surface area (Å²) in [5, 5.41) is 2.55. The molecular weight excluding hydrogens is 394 g/mol. The summed E-state index contributed by atoms with van der Waals surface area (Å²) < 4.78 is 52.1. The molecule has 0 fully saturated rings. The average molecular weight is 409 g/mol. The summed E-state index contributed by atoms with van der Waals surface area (Å²) in [6, 6.07) is 5.49. The maximum absolute atomic E-state index is 13.2. The van der Waals surface area contributed by atoms with Crippen LogP contribution in [0.1, 0.15) is 18.5 Å². The van der Waals surface area contributed by atoms with Crippen LogP contribution in [0.15, 0.2) is 34.5 Å². The first-order valence-electron chi connectivity index (χ1n) is 7.07. The normalized spacial score (nSPS) is 13.0. The van der Waals surface area contributed by atoms with Crippen molar-refractivity contribution in [2.45, 2.75) is 17.2 Å². The molecule has 2 aromatic rings. The van der Waals surface area contributed by atoms with Crippen molar-refractivity contribution >= 4 is 38.9 Å². The first-order valence-corrected chi connectivity index (χ1v) is 9.70. The van der Waals surface area contributed by atoms with Crippen molar-refractivity contribution in [1.82, 2.24) is 9.62 Å². The first-order chi connectivity index (χ1) is 11.6. The standard InChI is InChI=1S/C15H15ClF2N2O3S2/c1-9(10-3-4-11(17)12(18)7-10)19-14(21)8-20(2)25(22,23)15-6-5-13(16)24-15/h3-7,9H,8H2,1-2H3,(H,19,21). The highest BCUT2D eigenvalue weighted by atomic mass is 35.5. The van der Waals surface area contributed by atoms with Crippen LogP contribution in [-0.4, -0.2) is 32.2 Å². The number of hydrogen-bond donors (Lipinski definition) is 1. The molecule has 1 N–H and O–H groups in total. The number of amides is 1. The number of rotatable bonds is 6. The van der Waals surface area contributed by atoms with Gasteiger partial charge in [0, 0.05) is 7.05 Å². The Morgan fingerprint density at radius 1 is 1.28 bits per heavy atom. The number of carbonyl (C=O) groups excluding carboxylic acids is 1. The summed E-state index contributed by atoms with van der Waals surface area (Å²) in [6.45, 7) is 1.16. The minimum absolute atomic E-state index is 0.0291. The van der Waals surface area contributed by atoms with Gasteiger partial charge in [0.1, 0.15) is 4.21 Å². The molecule has 1 atom stereocenters. The van der Waals surface area contributed by atoms with Gasteiger partial charge in [-0.2, -0.15) is 4.31 Å². The highest BCUT2D eigenvalue weighted by Crippen LogP contribution is 2.27. The Bertz CT molecular complexity index is 887. The fourth-order valence-electron chi connectivity index (χ4n) is 2.03. The fraction of sp³-hybridized carbons (Fsp3) is 0.267. The Morgan fingerprint density at radius 2 is 1.96 bits per heavy atom. The molecule has 25 heavy (non-hydrogen) atoms. The van der Waals surface area contributed by atoms with Gasteiger partial charge in [0.25, 0.3) is 10.0 Å². The summed E-state index contributed by atoms with van der Waals surface area (Å²) in [6.07, 6.45) is 0. The van der Waals surface area contributed by atoms with Crippen molar-refractivity contribution in [3.05, 3.63) is 51.9 Å². The van der Waals surface area contributed by atoms with Crippen LogP contribution in [0, 0.1) is 11.6 Å². The van der Waals surface area contributed by atoms with Gasteiger partial charge in [0.15, 0.2) is 11.6 Å². The Morgan fingerprint density at radius 3 is 2.52 bits per heavy atom. The van der Waals surface area contributed by atoms with Crippen molar-refractivity contribution in [1.29, 1.82) is 0 Å². The van der Waals surface area contributed by atoms with Gasteiger partial charge in [-0.25, -0.2) is 17.2 Å². The number of halogens is 3. The Labute approximate surface area is 153 Å². The molecule has 0 aliphatic carbocycles. The third-order valence-corrected chi connectivity index (χ3v) is 6.90. The van der Waals surface area contributed by atoms with Gasteiger partial charge in [-0.05, 0) is 36.8 Å². The molecule has 1 amide bonds. The zero-order valence-electron chi connectivity index (χ0n) is 13.3. The van der Waals surface area contributed by atoms with E-state index >= 15 is 0 Å². The van der Waals surface area contributed by atoms with E-state index in [1.807, 2.05) is 0 Å². The van der Waals surface area contributed by atoms with E-state index in [9.17, 15) is 22.0 Å². The minimum atomic E-state index is -3.83. The molecule has 0 aliphatic heterocycles. The number of sulfonamides is 1. The summed E-state index contributed by atoms with van der Waals surface area (Å²) in [5.41, 5.74) is 0.364. The molecule has 0 bridgehead atoms. The Hall–Kier alpha value is -1.55. The van der Waals surface area contributed by atoms with Crippen molar-refractivity contribution in [3.63, 3.8) is 0 Å². The van der Waals surface area contributed by atoms with Gasteiger partial charge in [-0.3, -0.25) is 4.79 Å². The van der Waals surface area contributed by atoms with Crippen LogP contribution < -0.4 is 5.32 Å². The van der Waals surface area contributed by atoms with Crippen LogP contribution in [0.5, 0.6) is 0 Å². The van der Waals surface area contributed by atoms with Crippen molar-refractivity contribution in [2.24, 2.45) is 0 Å². The second-order valence-electron chi connectivity index (χ2n) is 5.28. The van der Waals surface area contributed by atoms with E-state index in [-0.39, 0.29) is 4.21 Å². The molecule has 1 unspecified atom stereocenters. The third-order valence-electron chi connectivity index (χ3n) is 3.40. The van der Waals surface area contributed by atoms with Crippen molar-refractivity contribution < 1.29 is 22.0 Å². The monoisotopic (exact) mass is 408 g/mol. The SMILES string of the molecule is CC(NC(=O)CN(C)S(=O)(=O)c1ccc(Cl)s1)c1ccc(F)c(F)c1. The minimum Gasteiger partial charge on any atom is -0.348 e. The van der Waals surface area contributed by atoms with E-state index in [1.54, 1.807) is 6.92 Å². The highest BCUT2D eigenvalue weighted by Gasteiger charge is 2.25. The number of nitrogens with zero attached hydrogens (tertiary/aromatic N) is 1. The van der Waals surface area contributed by atoms with Crippen LogP contribution >= 0.6 is 22.9 Å². The van der Waals surface area contributed by atoms with Crippen molar-refractivity contribution in [2.75, 3.05) is 13.6 Å². The number of hydrogen-bond acceptors (Lipinski definition) is 4. The molecule has 1 aromatic carbocycles. The Kier molecular flexibility index (Phi) is 6.15. The van der Waals surface area contributed by atoms with Gasteiger partial charge in [0.2, 0.25) is 5.91 Å². The molecule has 0 spiro atoms. The first kappa shape index (κ1) is 19.8. The zero-order chi connectivity index (χ0) is 18.8. The molecular formula is C15H15ClF2N2O3S2. The predicted molar refractivity (Wildman–Crippen MR) is 92.1 cm³/mol.